The maximum Gasteiger partial charge on any atom is 0.336 e. The lowest BCUT2D eigenvalue weighted by molar-refractivity contribution is -0.386. The minimum atomic E-state index is -0.483. The van der Waals surface area contributed by atoms with E-state index >= 15 is 0 Å². The fourth-order valence-corrected chi connectivity index (χ4v) is 3.25. The Labute approximate surface area is 148 Å². The highest BCUT2D eigenvalue weighted by Crippen LogP contribution is 2.28. The molecule has 0 saturated carbocycles. The molecule has 0 radical (unpaired) electrons. The number of hydrogen-bond acceptors (Lipinski definition) is 5. The van der Waals surface area contributed by atoms with Gasteiger partial charge in [0.2, 0.25) is 0 Å². The van der Waals surface area contributed by atoms with Crippen molar-refractivity contribution in [1.82, 2.24) is 9.78 Å². The van der Waals surface area contributed by atoms with Gasteiger partial charge in [-0.15, -0.1) is 0 Å². The van der Waals surface area contributed by atoms with Gasteiger partial charge in [0.05, 0.1) is 11.5 Å². The average molecular weight is 362 g/mol. The van der Waals surface area contributed by atoms with Gasteiger partial charge in [0.1, 0.15) is 17.0 Å². The van der Waals surface area contributed by atoms with Gasteiger partial charge in [-0.1, -0.05) is 18.5 Å². The van der Waals surface area contributed by atoms with Crippen LogP contribution in [0.4, 0.5) is 5.69 Å². The summed E-state index contributed by atoms with van der Waals surface area (Å²) in [7, 11) is 0. The number of nitrogens with zero attached hydrogens (tertiary/aromatic N) is 3. The molecule has 0 saturated heterocycles. The third kappa shape index (κ3) is 3.02. The first-order valence-electron chi connectivity index (χ1n) is 7.75. The lowest BCUT2D eigenvalue weighted by atomic mass is 10.1. The molecule has 0 bridgehead atoms. The summed E-state index contributed by atoms with van der Waals surface area (Å²) in [6, 6.07) is 4.88. The van der Waals surface area contributed by atoms with Gasteiger partial charge in [0.25, 0.3) is 0 Å². The summed E-state index contributed by atoms with van der Waals surface area (Å²) in [5, 5.41) is 16.7. The molecule has 0 aliphatic carbocycles. The van der Waals surface area contributed by atoms with E-state index < -0.39 is 10.5 Å². The van der Waals surface area contributed by atoms with Crippen LogP contribution in [0.15, 0.2) is 27.4 Å². The van der Waals surface area contributed by atoms with E-state index in [0.29, 0.717) is 39.4 Å². The average Bonchev–Trinajstić information content (AvgIpc) is 2.81. The fraction of sp³-hybridized carbons (Fsp3) is 0.294. The molecule has 25 heavy (non-hydrogen) atoms. The molecular formula is C17H16ClN3O4. The third-order valence-corrected chi connectivity index (χ3v) is 4.58. The van der Waals surface area contributed by atoms with Gasteiger partial charge in [-0.05, 0) is 43.5 Å². The van der Waals surface area contributed by atoms with Gasteiger partial charge in [0, 0.05) is 16.5 Å². The second-order valence-corrected chi connectivity index (χ2v) is 6.23. The van der Waals surface area contributed by atoms with E-state index in [9.17, 15) is 14.9 Å². The number of nitro groups is 1. The highest BCUT2D eigenvalue weighted by atomic mass is 35.5. The molecule has 3 aromatic rings. The zero-order chi connectivity index (χ0) is 18.3. The first-order valence-corrected chi connectivity index (χ1v) is 8.13. The number of fused-ring (bicyclic) bond motifs is 1. The number of halogens is 1. The molecule has 0 N–H and O–H groups in total. The first-order chi connectivity index (χ1) is 11.8. The van der Waals surface area contributed by atoms with E-state index in [1.165, 1.54) is 10.7 Å². The topological polar surface area (TPSA) is 91.2 Å². The van der Waals surface area contributed by atoms with Gasteiger partial charge in [-0.3, -0.25) is 14.8 Å². The van der Waals surface area contributed by atoms with Gasteiger partial charge >= 0.3 is 11.3 Å². The number of rotatable bonds is 4. The summed E-state index contributed by atoms with van der Waals surface area (Å²) in [5.41, 5.74) is 2.25. The van der Waals surface area contributed by atoms with Crippen molar-refractivity contribution < 1.29 is 9.34 Å². The zero-order valence-corrected chi connectivity index (χ0v) is 14.8. The zero-order valence-electron chi connectivity index (χ0n) is 14.0. The van der Waals surface area contributed by atoms with E-state index in [4.69, 9.17) is 16.0 Å². The van der Waals surface area contributed by atoms with Crippen LogP contribution < -0.4 is 5.63 Å². The Kier molecular flexibility index (Phi) is 4.34. The van der Waals surface area contributed by atoms with Crippen LogP contribution in [-0.4, -0.2) is 14.7 Å². The second kappa shape index (κ2) is 6.33. The van der Waals surface area contributed by atoms with Crippen LogP contribution in [0.1, 0.15) is 29.4 Å². The van der Waals surface area contributed by atoms with Crippen LogP contribution in [0.25, 0.3) is 11.0 Å². The second-order valence-electron chi connectivity index (χ2n) is 5.82. The van der Waals surface area contributed by atoms with Crippen molar-refractivity contribution in [2.75, 3.05) is 0 Å². The first kappa shape index (κ1) is 17.2. The van der Waals surface area contributed by atoms with Crippen molar-refractivity contribution in [3.05, 3.63) is 66.3 Å². The van der Waals surface area contributed by atoms with Crippen molar-refractivity contribution in [2.45, 2.75) is 33.7 Å². The molecule has 0 aliphatic rings. The molecule has 2 heterocycles. The van der Waals surface area contributed by atoms with Gasteiger partial charge in [-0.2, -0.15) is 5.10 Å². The molecule has 0 fully saturated rings. The van der Waals surface area contributed by atoms with Crippen LogP contribution in [0, 0.1) is 24.0 Å². The van der Waals surface area contributed by atoms with Crippen molar-refractivity contribution in [2.24, 2.45) is 0 Å². The predicted molar refractivity (Wildman–Crippen MR) is 94.3 cm³/mol. The smallest absolute Gasteiger partial charge is 0.336 e. The predicted octanol–water partition coefficient (Wildman–Crippen LogP) is 3.78. The normalized spacial score (nSPS) is 11.2. The molecule has 3 rings (SSSR count). The van der Waals surface area contributed by atoms with Crippen LogP contribution in [0.2, 0.25) is 5.02 Å². The largest absolute Gasteiger partial charge is 0.423 e. The maximum atomic E-state index is 11.9. The van der Waals surface area contributed by atoms with E-state index in [1.54, 1.807) is 26.0 Å². The van der Waals surface area contributed by atoms with Crippen molar-refractivity contribution in [3.63, 3.8) is 0 Å². The van der Waals surface area contributed by atoms with Crippen molar-refractivity contribution >= 4 is 28.3 Å². The monoisotopic (exact) mass is 361 g/mol. The Morgan fingerprint density at radius 1 is 1.28 bits per heavy atom. The summed E-state index contributed by atoms with van der Waals surface area (Å²) in [6.07, 6.45) is 0.715. The van der Waals surface area contributed by atoms with Crippen molar-refractivity contribution in [1.29, 1.82) is 0 Å². The van der Waals surface area contributed by atoms with E-state index in [0.717, 1.165) is 5.56 Å². The summed E-state index contributed by atoms with van der Waals surface area (Å²) < 4.78 is 6.80. The summed E-state index contributed by atoms with van der Waals surface area (Å²) >= 11 is 6.29. The minimum Gasteiger partial charge on any atom is -0.423 e. The summed E-state index contributed by atoms with van der Waals surface area (Å²) in [5.74, 6) is 0. The highest BCUT2D eigenvalue weighted by Gasteiger charge is 2.22. The van der Waals surface area contributed by atoms with Crippen LogP contribution in [0.3, 0.4) is 0 Å². The third-order valence-electron chi connectivity index (χ3n) is 4.22. The Bertz CT molecular complexity index is 1050. The van der Waals surface area contributed by atoms with E-state index in [-0.39, 0.29) is 12.2 Å². The SMILES string of the molecule is CCc1cc2oc(=O)cc(Cn3nc(C)c([N+](=O)[O-])c3C)c2cc1Cl. The molecule has 0 spiro atoms. The molecule has 130 valence electrons. The van der Waals surface area contributed by atoms with Gasteiger partial charge < -0.3 is 4.42 Å². The summed E-state index contributed by atoms with van der Waals surface area (Å²) in [6.45, 7) is 5.39. The molecule has 8 heteroatoms. The maximum absolute atomic E-state index is 11.9. The van der Waals surface area contributed by atoms with Crippen molar-refractivity contribution in [3.8, 4) is 0 Å². The Hall–Kier alpha value is -2.67. The highest BCUT2D eigenvalue weighted by molar-refractivity contribution is 6.32. The van der Waals surface area contributed by atoms with Gasteiger partial charge in [-0.25, -0.2) is 4.79 Å². The molecular weight excluding hydrogens is 346 g/mol. The number of benzene rings is 1. The Morgan fingerprint density at radius 2 is 2.00 bits per heavy atom. The molecule has 0 atom stereocenters. The fourth-order valence-electron chi connectivity index (χ4n) is 2.96. The Balaban J connectivity index is 2.17. The standard InChI is InChI=1S/C17H16ClN3O4/c1-4-11-5-15-13(7-14(11)18)12(6-16(22)25-15)8-20-10(3)17(21(23)24)9(2)19-20/h5-7H,4,8H2,1-3H3. The van der Waals surface area contributed by atoms with Gasteiger partial charge in [0.15, 0.2) is 0 Å². The molecule has 1 aromatic carbocycles. The van der Waals surface area contributed by atoms with Crippen LogP contribution >= 0.6 is 11.6 Å². The molecule has 7 nitrogen and oxygen atoms in total. The quantitative estimate of drug-likeness (QED) is 0.400. The lowest BCUT2D eigenvalue weighted by Gasteiger charge is -2.09. The molecule has 2 aromatic heterocycles. The number of aromatic nitrogens is 2. The van der Waals surface area contributed by atoms with E-state index in [2.05, 4.69) is 5.10 Å². The minimum absolute atomic E-state index is 0.0152. The Morgan fingerprint density at radius 3 is 2.60 bits per heavy atom. The number of hydrogen-bond donors (Lipinski definition) is 0. The van der Waals surface area contributed by atoms with Crippen LogP contribution in [0.5, 0.6) is 0 Å². The molecule has 0 unspecified atom stereocenters. The number of aryl methyl sites for hydroxylation is 2. The molecule has 0 amide bonds. The molecule has 0 aliphatic heterocycles. The lowest BCUT2D eigenvalue weighted by Crippen LogP contribution is -2.08. The summed E-state index contributed by atoms with van der Waals surface area (Å²) in [4.78, 5) is 22.6. The van der Waals surface area contributed by atoms with E-state index in [1.807, 2.05) is 6.92 Å². The van der Waals surface area contributed by atoms with Crippen LogP contribution in [-0.2, 0) is 13.0 Å².